The summed E-state index contributed by atoms with van der Waals surface area (Å²) in [5.74, 6) is 0.129. The van der Waals surface area contributed by atoms with Gasteiger partial charge in [0.05, 0.1) is 3.57 Å². The van der Waals surface area contributed by atoms with Crippen LogP contribution in [0.2, 0.25) is 0 Å². The fourth-order valence-corrected chi connectivity index (χ4v) is 7.61. The van der Waals surface area contributed by atoms with Crippen molar-refractivity contribution >= 4 is 91.0 Å². The minimum atomic E-state index is -0.197. The lowest BCUT2D eigenvalue weighted by Gasteiger charge is -2.25. The molecule has 0 aromatic heterocycles. The lowest BCUT2D eigenvalue weighted by atomic mass is 9.79. The van der Waals surface area contributed by atoms with Gasteiger partial charge in [-0.15, -0.1) is 0 Å². The largest absolute Gasteiger partial charge is 0.507 e. The van der Waals surface area contributed by atoms with Gasteiger partial charge in [0.2, 0.25) is 0 Å². The molecule has 5 aromatic carbocycles. The van der Waals surface area contributed by atoms with Crippen molar-refractivity contribution < 1.29 is 5.11 Å². The van der Waals surface area contributed by atoms with Crippen LogP contribution >= 0.6 is 45.2 Å². The normalized spacial score (nSPS) is 11.8. The molecule has 0 spiro atoms. The molecule has 3 heteroatoms. The molecule has 0 aliphatic rings. The van der Waals surface area contributed by atoms with E-state index in [1.165, 1.54) is 10.8 Å². The molecule has 40 heavy (non-hydrogen) atoms. The third-order valence-corrected chi connectivity index (χ3v) is 8.88. The van der Waals surface area contributed by atoms with Gasteiger partial charge < -0.3 is 5.11 Å². The summed E-state index contributed by atoms with van der Waals surface area (Å²) in [6.07, 6.45) is 12.3. The Morgan fingerprint density at radius 2 is 1.15 bits per heavy atom. The lowest BCUT2D eigenvalue weighted by molar-refractivity contribution is 0.463. The minimum Gasteiger partial charge on any atom is -0.507 e. The Hall–Kier alpha value is -3.16. The Labute approximate surface area is 263 Å². The van der Waals surface area contributed by atoms with E-state index in [-0.39, 0.29) is 5.92 Å². The predicted molar refractivity (Wildman–Crippen MR) is 192 cm³/mol. The van der Waals surface area contributed by atoms with E-state index in [9.17, 15) is 5.11 Å². The van der Waals surface area contributed by atoms with Crippen molar-refractivity contribution in [1.29, 1.82) is 0 Å². The summed E-state index contributed by atoms with van der Waals surface area (Å²) in [5, 5.41) is 16.2. The van der Waals surface area contributed by atoms with Gasteiger partial charge in [-0.1, -0.05) is 110 Å². The Morgan fingerprint density at radius 3 is 1.60 bits per heavy atom. The molecule has 198 valence electrons. The number of fused-ring (bicyclic) bond motifs is 2. The van der Waals surface area contributed by atoms with Crippen LogP contribution in [0.25, 0.3) is 45.8 Å². The molecule has 0 unspecified atom stereocenters. The van der Waals surface area contributed by atoms with Crippen molar-refractivity contribution in [2.45, 2.75) is 19.8 Å². The number of benzene rings is 5. The van der Waals surface area contributed by atoms with Gasteiger partial charge in [-0.25, -0.2) is 0 Å². The van der Waals surface area contributed by atoms with Crippen molar-refractivity contribution in [2.75, 3.05) is 0 Å². The van der Waals surface area contributed by atoms with E-state index < -0.39 is 0 Å². The first kappa shape index (κ1) is 28.4. The number of halogens is 2. The molecule has 0 amide bonds. The van der Waals surface area contributed by atoms with Crippen molar-refractivity contribution in [1.82, 2.24) is 0 Å². The highest BCUT2D eigenvalue weighted by molar-refractivity contribution is 14.1. The summed E-state index contributed by atoms with van der Waals surface area (Å²) in [6.45, 7) is 12.2. The Bertz CT molecular complexity index is 1730. The highest BCUT2D eigenvalue weighted by Crippen LogP contribution is 2.45. The minimum absolute atomic E-state index is 0.197. The molecule has 0 heterocycles. The highest BCUT2D eigenvalue weighted by Gasteiger charge is 2.26. The first-order valence-electron chi connectivity index (χ1n) is 13.2. The summed E-state index contributed by atoms with van der Waals surface area (Å²) < 4.78 is 1.93. The fraction of sp³-hybridized carbons (Fsp3) is 0.0811. The molecule has 5 rings (SSSR count). The van der Waals surface area contributed by atoms with Gasteiger partial charge in [-0.3, -0.25) is 0 Å². The molecule has 0 radical (unpaired) electrons. The molecular formula is C37H30I2O. The number of hydrogen-bond donors (Lipinski definition) is 1. The average molecular weight is 744 g/mol. The zero-order chi connectivity index (χ0) is 28.4. The van der Waals surface area contributed by atoms with Crippen molar-refractivity contribution in [3.63, 3.8) is 0 Å². The summed E-state index contributed by atoms with van der Waals surface area (Å²) in [4.78, 5) is 0. The van der Waals surface area contributed by atoms with E-state index in [0.717, 1.165) is 56.9 Å². The highest BCUT2D eigenvalue weighted by atomic mass is 127. The monoisotopic (exact) mass is 744 g/mol. The summed E-state index contributed by atoms with van der Waals surface area (Å²) in [6, 6.07) is 25.9. The topological polar surface area (TPSA) is 20.2 Å². The van der Waals surface area contributed by atoms with Crippen LogP contribution in [0.4, 0.5) is 0 Å². The van der Waals surface area contributed by atoms with Gasteiger partial charge in [0.15, 0.2) is 0 Å². The quantitative estimate of drug-likeness (QED) is 0.130. The standard InChI is InChI=1S/C37H30I2O/c1-5-11-26-23(7-3)17-19-30-28(26)13-9-15-32(30)36(34-21-25(38)22-35(39)37(34)40)33-16-10-14-29-27(12-6-2)24(8-4)18-20-31(29)33/h5-22,36,40H,3-4H2,1-2H3/b11-5-,12-6-. The number of allylic oxidation sites excluding steroid dienone is 2. The van der Waals surface area contributed by atoms with Crippen LogP contribution in [0, 0.1) is 7.14 Å². The third kappa shape index (κ3) is 5.06. The van der Waals surface area contributed by atoms with Crippen LogP contribution in [-0.4, -0.2) is 5.11 Å². The maximum absolute atomic E-state index is 11.5. The molecule has 0 atom stereocenters. The molecule has 5 aromatic rings. The Morgan fingerprint density at radius 1 is 0.650 bits per heavy atom. The van der Waals surface area contributed by atoms with E-state index in [1.54, 1.807) is 0 Å². The van der Waals surface area contributed by atoms with Crippen LogP contribution in [0.1, 0.15) is 58.7 Å². The van der Waals surface area contributed by atoms with Gasteiger partial charge in [-0.2, -0.15) is 0 Å². The van der Waals surface area contributed by atoms with E-state index in [4.69, 9.17) is 0 Å². The number of aromatic hydroxyl groups is 1. The molecule has 0 aliphatic heterocycles. The molecule has 0 saturated carbocycles. The van der Waals surface area contributed by atoms with E-state index in [1.807, 2.05) is 32.1 Å². The maximum Gasteiger partial charge on any atom is 0.133 e. The second-order valence-electron chi connectivity index (χ2n) is 9.69. The number of phenols is 1. The van der Waals surface area contributed by atoms with Gasteiger partial charge in [0.1, 0.15) is 5.75 Å². The lowest BCUT2D eigenvalue weighted by Crippen LogP contribution is -2.07. The zero-order valence-electron chi connectivity index (χ0n) is 22.6. The summed E-state index contributed by atoms with van der Waals surface area (Å²) in [7, 11) is 0. The molecule has 1 nitrogen and oxygen atoms in total. The van der Waals surface area contributed by atoms with Crippen LogP contribution in [0.3, 0.4) is 0 Å². The van der Waals surface area contributed by atoms with Crippen LogP contribution in [0.15, 0.2) is 98.1 Å². The van der Waals surface area contributed by atoms with Crippen LogP contribution in [0.5, 0.6) is 5.75 Å². The Kier molecular flexibility index (Phi) is 8.62. The maximum atomic E-state index is 11.5. The van der Waals surface area contributed by atoms with Crippen molar-refractivity contribution in [3.05, 3.63) is 144 Å². The van der Waals surface area contributed by atoms with Gasteiger partial charge >= 0.3 is 0 Å². The smallest absolute Gasteiger partial charge is 0.133 e. The van der Waals surface area contributed by atoms with Gasteiger partial charge in [0.25, 0.3) is 0 Å². The first-order valence-corrected chi connectivity index (χ1v) is 15.4. The first-order chi connectivity index (χ1) is 19.4. The average Bonchev–Trinajstić information content (AvgIpc) is 2.96. The number of phenolic OH excluding ortho intramolecular Hbond substituents is 1. The summed E-state index contributed by atoms with van der Waals surface area (Å²) in [5.41, 5.74) is 7.71. The fourth-order valence-electron chi connectivity index (χ4n) is 5.72. The third-order valence-electron chi connectivity index (χ3n) is 7.44. The molecule has 0 aliphatic carbocycles. The second kappa shape index (κ2) is 12.1. The molecule has 1 N–H and O–H groups in total. The Balaban J connectivity index is 1.94. The molecular weight excluding hydrogens is 714 g/mol. The van der Waals surface area contributed by atoms with E-state index in [2.05, 4.69) is 149 Å². The summed E-state index contributed by atoms with van der Waals surface area (Å²) >= 11 is 4.59. The van der Waals surface area contributed by atoms with Gasteiger partial charge in [0, 0.05) is 15.1 Å². The van der Waals surface area contributed by atoms with Gasteiger partial charge in [-0.05, 0) is 126 Å². The number of hydrogen-bond acceptors (Lipinski definition) is 1. The van der Waals surface area contributed by atoms with Crippen LogP contribution in [-0.2, 0) is 0 Å². The van der Waals surface area contributed by atoms with E-state index >= 15 is 0 Å². The second-order valence-corrected chi connectivity index (χ2v) is 12.1. The van der Waals surface area contributed by atoms with Crippen molar-refractivity contribution in [2.24, 2.45) is 0 Å². The van der Waals surface area contributed by atoms with Crippen molar-refractivity contribution in [3.8, 4) is 5.75 Å². The van der Waals surface area contributed by atoms with E-state index in [0.29, 0.717) is 5.75 Å². The molecule has 0 saturated heterocycles. The van der Waals surface area contributed by atoms with Crippen LogP contribution < -0.4 is 0 Å². The molecule has 0 bridgehead atoms. The predicted octanol–water partition coefficient (Wildman–Crippen LogP) is 11.4. The molecule has 0 fully saturated rings. The SMILES string of the molecule is C=Cc1ccc2c(C(c3cc(I)cc(I)c3O)c3cccc4c(/C=C\C)c(C=C)ccc34)cccc2c1/C=C\C. The zero-order valence-corrected chi connectivity index (χ0v) is 26.9. The number of rotatable bonds is 7.